The number of nitrogens with two attached hydrogens (primary N) is 1. The maximum Gasteiger partial charge on any atom is 0.143 e. The lowest BCUT2D eigenvalue weighted by Gasteiger charge is -2.38. The van der Waals surface area contributed by atoms with Gasteiger partial charge in [0.1, 0.15) is 11.9 Å². The van der Waals surface area contributed by atoms with Gasteiger partial charge in [0.2, 0.25) is 0 Å². The highest BCUT2D eigenvalue weighted by Gasteiger charge is 2.31. The Labute approximate surface area is 132 Å². The first-order chi connectivity index (χ1) is 10.6. The fraction of sp³-hybridized carbons (Fsp3) is 0.647. The minimum Gasteiger partial charge on any atom is -0.495 e. The molecule has 22 heavy (non-hydrogen) atoms. The first-order valence-corrected chi connectivity index (χ1v) is 8.15. The Morgan fingerprint density at radius 3 is 2.50 bits per heavy atom. The summed E-state index contributed by atoms with van der Waals surface area (Å²) in [5.74, 6) is 0.738. The van der Waals surface area contributed by atoms with Crippen molar-refractivity contribution in [1.82, 2.24) is 4.90 Å². The van der Waals surface area contributed by atoms with E-state index in [9.17, 15) is 4.39 Å². The van der Waals surface area contributed by atoms with Crippen molar-refractivity contribution in [2.75, 3.05) is 43.9 Å². The maximum absolute atomic E-state index is 13.4. The molecule has 0 saturated carbocycles. The minimum absolute atomic E-state index is 0.535. The van der Waals surface area contributed by atoms with Crippen molar-refractivity contribution in [3.8, 4) is 5.75 Å². The summed E-state index contributed by atoms with van der Waals surface area (Å²) in [6.45, 7) is 5.64. The van der Waals surface area contributed by atoms with E-state index in [1.165, 1.54) is 11.3 Å². The molecule has 0 spiro atoms. The van der Waals surface area contributed by atoms with E-state index in [0.29, 0.717) is 24.7 Å². The third-order valence-electron chi connectivity index (χ3n) is 5.03. The molecule has 0 amide bonds. The number of alkyl halides is 1. The van der Waals surface area contributed by atoms with E-state index in [0.717, 1.165) is 38.2 Å². The Bertz CT molecular complexity index is 529. The largest absolute Gasteiger partial charge is 0.495 e. The van der Waals surface area contributed by atoms with Crippen molar-refractivity contribution < 1.29 is 9.13 Å². The number of rotatable bonds is 3. The summed E-state index contributed by atoms with van der Waals surface area (Å²) >= 11 is 0. The Kier molecular flexibility index (Phi) is 4.43. The van der Waals surface area contributed by atoms with Crippen molar-refractivity contribution in [3.05, 3.63) is 17.7 Å². The molecule has 1 aromatic carbocycles. The summed E-state index contributed by atoms with van der Waals surface area (Å²) < 4.78 is 18.7. The molecule has 0 radical (unpaired) electrons. The highest BCUT2D eigenvalue weighted by molar-refractivity contribution is 5.66. The van der Waals surface area contributed by atoms with E-state index in [-0.39, 0.29) is 0 Å². The summed E-state index contributed by atoms with van der Waals surface area (Å²) in [6, 6.07) is 4.56. The molecule has 0 aliphatic carbocycles. The lowest BCUT2D eigenvalue weighted by molar-refractivity contribution is 0.192. The average Bonchev–Trinajstić information content (AvgIpc) is 2.94. The first-order valence-electron chi connectivity index (χ1n) is 8.15. The van der Waals surface area contributed by atoms with E-state index < -0.39 is 6.17 Å². The molecule has 3 rings (SSSR count). The van der Waals surface area contributed by atoms with Crippen LogP contribution in [0.25, 0.3) is 0 Å². The molecule has 2 aliphatic rings. The molecule has 1 unspecified atom stereocenters. The van der Waals surface area contributed by atoms with Crippen LogP contribution in [-0.4, -0.2) is 50.4 Å². The maximum atomic E-state index is 13.4. The van der Waals surface area contributed by atoms with Gasteiger partial charge in [-0.1, -0.05) is 0 Å². The number of nitrogens with zero attached hydrogens (tertiary/aromatic N) is 2. The average molecular weight is 307 g/mol. The van der Waals surface area contributed by atoms with Crippen LogP contribution < -0.4 is 15.4 Å². The highest BCUT2D eigenvalue weighted by atomic mass is 19.1. The number of halogens is 1. The van der Waals surface area contributed by atoms with Crippen molar-refractivity contribution in [2.45, 2.75) is 38.4 Å². The second kappa shape index (κ2) is 6.32. The monoisotopic (exact) mass is 307 g/mol. The van der Waals surface area contributed by atoms with E-state index in [4.69, 9.17) is 10.5 Å². The van der Waals surface area contributed by atoms with Crippen molar-refractivity contribution >= 4 is 11.4 Å². The number of aryl methyl sites for hydroxylation is 1. The fourth-order valence-electron chi connectivity index (χ4n) is 3.76. The standard InChI is InChI=1S/C17H26FN3O/c1-12-9-15(19)17(22-2)10-16(12)20-7-4-14(5-8-20)21-6-3-13(18)11-21/h9-10,13-14H,3-8,11,19H2,1-2H3. The van der Waals surface area contributed by atoms with Gasteiger partial charge < -0.3 is 15.4 Å². The predicted molar refractivity (Wildman–Crippen MR) is 88.5 cm³/mol. The molecule has 2 N–H and O–H groups in total. The molecule has 1 atom stereocenters. The Morgan fingerprint density at radius 2 is 1.91 bits per heavy atom. The first kappa shape index (κ1) is 15.4. The van der Waals surface area contributed by atoms with Gasteiger partial charge in [-0.2, -0.15) is 0 Å². The molecular weight excluding hydrogens is 281 g/mol. The van der Waals surface area contributed by atoms with Gasteiger partial charge in [0, 0.05) is 44.0 Å². The second-order valence-electron chi connectivity index (χ2n) is 6.48. The summed E-state index contributed by atoms with van der Waals surface area (Å²) in [6.07, 6.45) is 2.27. The van der Waals surface area contributed by atoms with E-state index in [1.54, 1.807) is 7.11 Å². The lowest BCUT2D eigenvalue weighted by atomic mass is 10.0. The van der Waals surface area contributed by atoms with E-state index >= 15 is 0 Å². The predicted octanol–water partition coefficient (Wildman–Crippen LogP) is 2.60. The van der Waals surface area contributed by atoms with Gasteiger partial charge in [0.25, 0.3) is 0 Å². The molecule has 0 bridgehead atoms. The third-order valence-corrected chi connectivity index (χ3v) is 5.03. The number of hydrogen-bond donors (Lipinski definition) is 1. The van der Waals surface area contributed by atoms with Gasteiger partial charge in [0.05, 0.1) is 12.8 Å². The van der Waals surface area contributed by atoms with Gasteiger partial charge >= 0.3 is 0 Å². The Balaban J connectivity index is 1.66. The Morgan fingerprint density at radius 1 is 1.18 bits per heavy atom. The summed E-state index contributed by atoms with van der Waals surface area (Å²) in [5, 5.41) is 0. The zero-order valence-electron chi connectivity index (χ0n) is 13.5. The van der Waals surface area contributed by atoms with Crippen LogP contribution in [0.3, 0.4) is 0 Å². The summed E-state index contributed by atoms with van der Waals surface area (Å²) in [4.78, 5) is 4.73. The van der Waals surface area contributed by atoms with Gasteiger partial charge in [-0.25, -0.2) is 4.39 Å². The topological polar surface area (TPSA) is 41.7 Å². The van der Waals surface area contributed by atoms with Crippen molar-refractivity contribution in [3.63, 3.8) is 0 Å². The zero-order chi connectivity index (χ0) is 15.7. The number of anilines is 2. The van der Waals surface area contributed by atoms with Gasteiger partial charge in [-0.3, -0.25) is 4.90 Å². The number of nitrogen functional groups attached to an aromatic ring is 1. The SMILES string of the molecule is COc1cc(N2CCC(N3CCC(F)C3)CC2)c(C)cc1N. The molecule has 0 aromatic heterocycles. The molecular formula is C17H26FN3O. The van der Waals surface area contributed by atoms with Crippen LogP contribution in [0.4, 0.5) is 15.8 Å². The normalized spacial score (nSPS) is 24.0. The highest BCUT2D eigenvalue weighted by Crippen LogP contribution is 2.33. The molecule has 2 fully saturated rings. The fourth-order valence-corrected chi connectivity index (χ4v) is 3.76. The Hall–Kier alpha value is -1.49. The van der Waals surface area contributed by atoms with Crippen molar-refractivity contribution in [2.24, 2.45) is 0 Å². The summed E-state index contributed by atoms with van der Waals surface area (Å²) in [5.41, 5.74) is 9.03. The molecule has 1 aromatic rings. The molecule has 2 aliphatic heterocycles. The quantitative estimate of drug-likeness (QED) is 0.872. The number of benzene rings is 1. The molecule has 4 nitrogen and oxygen atoms in total. The van der Waals surface area contributed by atoms with Crippen LogP contribution >= 0.6 is 0 Å². The van der Waals surface area contributed by atoms with Crippen LogP contribution in [0.15, 0.2) is 12.1 Å². The van der Waals surface area contributed by atoms with Crippen LogP contribution in [0, 0.1) is 6.92 Å². The lowest BCUT2D eigenvalue weighted by Crippen LogP contribution is -2.44. The third kappa shape index (κ3) is 3.00. The molecule has 2 heterocycles. The molecule has 5 heteroatoms. The number of piperidine rings is 1. The molecule has 122 valence electrons. The number of ether oxygens (including phenoxy) is 1. The number of methoxy groups -OCH3 is 1. The number of hydrogen-bond acceptors (Lipinski definition) is 4. The number of likely N-dealkylation sites (tertiary alicyclic amines) is 1. The van der Waals surface area contributed by atoms with Crippen molar-refractivity contribution in [1.29, 1.82) is 0 Å². The van der Waals surface area contributed by atoms with Crippen LogP contribution in [-0.2, 0) is 0 Å². The second-order valence-corrected chi connectivity index (χ2v) is 6.48. The molecule has 2 saturated heterocycles. The van der Waals surface area contributed by atoms with Gasteiger partial charge in [-0.05, 0) is 37.8 Å². The van der Waals surface area contributed by atoms with E-state index in [2.05, 4.69) is 16.7 Å². The smallest absolute Gasteiger partial charge is 0.143 e. The zero-order valence-corrected chi connectivity index (χ0v) is 13.5. The van der Waals surface area contributed by atoms with E-state index in [1.807, 2.05) is 12.1 Å². The van der Waals surface area contributed by atoms with Gasteiger partial charge in [0.15, 0.2) is 0 Å². The summed E-state index contributed by atoms with van der Waals surface area (Å²) in [7, 11) is 1.65. The van der Waals surface area contributed by atoms with Crippen LogP contribution in [0.1, 0.15) is 24.8 Å². The van der Waals surface area contributed by atoms with Gasteiger partial charge in [-0.15, -0.1) is 0 Å². The minimum atomic E-state index is -0.623. The van der Waals surface area contributed by atoms with Crippen LogP contribution in [0.5, 0.6) is 5.75 Å². The van der Waals surface area contributed by atoms with Crippen LogP contribution in [0.2, 0.25) is 0 Å².